The average molecular weight is 235 g/mol. The van der Waals surface area contributed by atoms with E-state index in [1.165, 1.54) is 11.1 Å². The molecule has 0 heterocycles. The van der Waals surface area contributed by atoms with Gasteiger partial charge in [0.25, 0.3) is 0 Å². The second kappa shape index (κ2) is 7.46. The predicted octanol–water partition coefficient (Wildman–Crippen LogP) is 3.06. The number of aliphatic hydroxyl groups is 1. The van der Waals surface area contributed by atoms with E-state index in [0.29, 0.717) is 12.1 Å². The zero-order valence-electron chi connectivity index (χ0n) is 11.2. The molecule has 96 valence electrons. The molecule has 0 aliphatic heterocycles. The molecule has 1 rings (SSSR count). The van der Waals surface area contributed by atoms with E-state index in [0.717, 1.165) is 19.3 Å². The number of benzene rings is 1. The van der Waals surface area contributed by atoms with E-state index < -0.39 is 0 Å². The van der Waals surface area contributed by atoms with E-state index in [9.17, 15) is 0 Å². The lowest BCUT2D eigenvalue weighted by Crippen LogP contribution is -2.29. The topological polar surface area (TPSA) is 32.3 Å². The average Bonchev–Trinajstić information content (AvgIpc) is 2.36. The van der Waals surface area contributed by atoms with Crippen LogP contribution in [0.5, 0.6) is 0 Å². The molecule has 0 saturated heterocycles. The molecule has 0 spiro atoms. The quantitative estimate of drug-likeness (QED) is 0.761. The van der Waals surface area contributed by atoms with E-state index in [1.54, 1.807) is 0 Å². The van der Waals surface area contributed by atoms with Crippen LogP contribution in [0, 0.1) is 0 Å². The zero-order valence-corrected chi connectivity index (χ0v) is 11.2. The van der Waals surface area contributed by atoms with Crippen molar-refractivity contribution in [2.75, 3.05) is 6.61 Å². The SMILES string of the molecule is CCc1ccc(C(C)NC(C)CCCO)cc1. The van der Waals surface area contributed by atoms with Crippen LogP contribution in [0.25, 0.3) is 0 Å². The van der Waals surface area contributed by atoms with Gasteiger partial charge in [-0.15, -0.1) is 0 Å². The lowest BCUT2D eigenvalue weighted by Gasteiger charge is -2.20. The van der Waals surface area contributed by atoms with E-state index in [-0.39, 0.29) is 6.61 Å². The molecule has 2 atom stereocenters. The van der Waals surface area contributed by atoms with E-state index in [1.807, 2.05) is 0 Å². The summed E-state index contributed by atoms with van der Waals surface area (Å²) < 4.78 is 0. The summed E-state index contributed by atoms with van der Waals surface area (Å²) in [4.78, 5) is 0. The monoisotopic (exact) mass is 235 g/mol. The minimum atomic E-state index is 0.283. The molecule has 0 radical (unpaired) electrons. The maximum absolute atomic E-state index is 8.80. The standard InChI is InChI=1S/C15H25NO/c1-4-14-7-9-15(10-8-14)13(3)16-12(2)6-5-11-17/h7-10,12-13,16-17H,4-6,11H2,1-3H3. The fourth-order valence-corrected chi connectivity index (χ4v) is 2.05. The molecule has 0 aliphatic rings. The van der Waals surface area contributed by atoms with Gasteiger partial charge in [-0.25, -0.2) is 0 Å². The van der Waals surface area contributed by atoms with Crippen LogP contribution >= 0.6 is 0 Å². The van der Waals surface area contributed by atoms with Crippen LogP contribution in [-0.2, 0) is 6.42 Å². The third-order valence-corrected chi connectivity index (χ3v) is 3.22. The van der Waals surface area contributed by atoms with Crippen LogP contribution in [0.3, 0.4) is 0 Å². The number of aryl methyl sites for hydroxylation is 1. The van der Waals surface area contributed by atoms with E-state index >= 15 is 0 Å². The molecule has 1 aromatic rings. The highest BCUT2D eigenvalue weighted by Crippen LogP contribution is 2.15. The van der Waals surface area contributed by atoms with Crippen LogP contribution in [0.2, 0.25) is 0 Å². The minimum Gasteiger partial charge on any atom is -0.396 e. The molecule has 2 unspecified atom stereocenters. The Morgan fingerprint density at radius 3 is 2.35 bits per heavy atom. The molecule has 0 amide bonds. The summed E-state index contributed by atoms with van der Waals surface area (Å²) in [7, 11) is 0. The fourth-order valence-electron chi connectivity index (χ4n) is 2.05. The van der Waals surface area contributed by atoms with E-state index in [2.05, 4.69) is 50.4 Å². The molecule has 0 aliphatic carbocycles. The van der Waals surface area contributed by atoms with Crippen LogP contribution in [0.4, 0.5) is 0 Å². The highest BCUT2D eigenvalue weighted by atomic mass is 16.2. The van der Waals surface area contributed by atoms with Gasteiger partial charge in [0, 0.05) is 18.7 Å². The third kappa shape index (κ3) is 4.88. The van der Waals surface area contributed by atoms with Gasteiger partial charge in [-0.1, -0.05) is 31.2 Å². The number of rotatable bonds is 7. The summed E-state index contributed by atoms with van der Waals surface area (Å²) in [6.07, 6.45) is 2.98. The normalized spacial score (nSPS) is 14.6. The Balaban J connectivity index is 2.47. The second-order valence-corrected chi connectivity index (χ2v) is 4.75. The molecular formula is C15H25NO. The summed E-state index contributed by atoms with van der Waals surface area (Å²) in [6, 6.07) is 9.63. The van der Waals surface area contributed by atoms with Gasteiger partial charge in [0.05, 0.1) is 0 Å². The maximum atomic E-state index is 8.80. The van der Waals surface area contributed by atoms with Gasteiger partial charge in [-0.3, -0.25) is 0 Å². The van der Waals surface area contributed by atoms with Crippen LogP contribution < -0.4 is 5.32 Å². The van der Waals surface area contributed by atoms with Gasteiger partial charge >= 0.3 is 0 Å². The highest BCUT2D eigenvalue weighted by Gasteiger charge is 2.08. The lowest BCUT2D eigenvalue weighted by molar-refractivity contribution is 0.274. The van der Waals surface area contributed by atoms with Crippen molar-refractivity contribution in [3.8, 4) is 0 Å². The molecule has 0 bridgehead atoms. The Morgan fingerprint density at radius 2 is 1.82 bits per heavy atom. The molecule has 0 saturated carbocycles. The van der Waals surface area contributed by atoms with Crippen molar-refractivity contribution in [3.05, 3.63) is 35.4 Å². The molecule has 1 aromatic carbocycles. The second-order valence-electron chi connectivity index (χ2n) is 4.75. The van der Waals surface area contributed by atoms with Crippen molar-refractivity contribution in [2.45, 2.75) is 52.1 Å². The van der Waals surface area contributed by atoms with Crippen LogP contribution in [0.15, 0.2) is 24.3 Å². The molecule has 17 heavy (non-hydrogen) atoms. The molecular weight excluding hydrogens is 210 g/mol. The van der Waals surface area contributed by atoms with Gasteiger partial charge in [-0.2, -0.15) is 0 Å². The Labute approximate surface area is 105 Å². The highest BCUT2D eigenvalue weighted by molar-refractivity contribution is 5.24. The van der Waals surface area contributed by atoms with Crippen molar-refractivity contribution >= 4 is 0 Å². The third-order valence-electron chi connectivity index (χ3n) is 3.22. The van der Waals surface area contributed by atoms with Gasteiger partial charge in [0.2, 0.25) is 0 Å². The Morgan fingerprint density at radius 1 is 1.18 bits per heavy atom. The Hall–Kier alpha value is -0.860. The first-order valence-electron chi connectivity index (χ1n) is 6.63. The summed E-state index contributed by atoms with van der Waals surface area (Å²) in [5.74, 6) is 0. The molecule has 0 fully saturated rings. The largest absolute Gasteiger partial charge is 0.396 e. The molecule has 0 aromatic heterocycles. The van der Waals surface area contributed by atoms with Gasteiger partial charge in [0.15, 0.2) is 0 Å². The van der Waals surface area contributed by atoms with Crippen molar-refractivity contribution < 1.29 is 5.11 Å². The van der Waals surface area contributed by atoms with Crippen LogP contribution in [0.1, 0.15) is 50.8 Å². The first-order chi connectivity index (χ1) is 8.17. The summed E-state index contributed by atoms with van der Waals surface area (Å²) >= 11 is 0. The van der Waals surface area contributed by atoms with Gasteiger partial charge < -0.3 is 10.4 Å². The Kier molecular flexibility index (Phi) is 6.23. The van der Waals surface area contributed by atoms with E-state index in [4.69, 9.17) is 5.11 Å². The van der Waals surface area contributed by atoms with Crippen molar-refractivity contribution in [1.82, 2.24) is 5.32 Å². The van der Waals surface area contributed by atoms with Crippen molar-refractivity contribution in [1.29, 1.82) is 0 Å². The zero-order chi connectivity index (χ0) is 12.7. The minimum absolute atomic E-state index is 0.283. The fraction of sp³-hybridized carbons (Fsp3) is 0.600. The summed E-state index contributed by atoms with van der Waals surface area (Å²) in [5.41, 5.74) is 2.72. The number of hydrogen-bond donors (Lipinski definition) is 2. The van der Waals surface area contributed by atoms with Crippen LogP contribution in [-0.4, -0.2) is 17.8 Å². The van der Waals surface area contributed by atoms with Gasteiger partial charge in [0.1, 0.15) is 0 Å². The Bertz CT molecular complexity index is 307. The lowest BCUT2D eigenvalue weighted by atomic mass is 10.0. The number of nitrogens with one attached hydrogen (secondary N) is 1. The first-order valence-corrected chi connectivity index (χ1v) is 6.63. The van der Waals surface area contributed by atoms with Gasteiger partial charge in [-0.05, 0) is 44.2 Å². The predicted molar refractivity (Wildman–Crippen MR) is 73.2 cm³/mol. The molecule has 2 heteroatoms. The smallest absolute Gasteiger partial charge is 0.0431 e. The van der Waals surface area contributed by atoms with Crippen molar-refractivity contribution in [2.24, 2.45) is 0 Å². The first kappa shape index (κ1) is 14.2. The maximum Gasteiger partial charge on any atom is 0.0431 e. The summed E-state index contributed by atoms with van der Waals surface area (Å²) in [5, 5.41) is 12.4. The molecule has 2 N–H and O–H groups in total. The number of aliphatic hydroxyl groups excluding tert-OH is 1. The van der Waals surface area contributed by atoms with Crippen molar-refractivity contribution in [3.63, 3.8) is 0 Å². The molecule has 2 nitrogen and oxygen atoms in total. The summed E-state index contributed by atoms with van der Waals surface area (Å²) in [6.45, 7) is 6.82. The number of hydrogen-bond acceptors (Lipinski definition) is 2.